The van der Waals surface area contributed by atoms with Crippen LogP contribution < -0.4 is 9.47 Å². The van der Waals surface area contributed by atoms with Gasteiger partial charge in [0.05, 0.1) is 18.6 Å². The van der Waals surface area contributed by atoms with Crippen molar-refractivity contribution in [3.63, 3.8) is 0 Å². The monoisotopic (exact) mass is 756 g/mol. The highest BCUT2D eigenvalue weighted by Gasteiger charge is 2.52. The fourth-order valence-electron chi connectivity index (χ4n) is 7.79. The summed E-state index contributed by atoms with van der Waals surface area (Å²) < 4.78 is 15.5. The van der Waals surface area contributed by atoms with E-state index in [1.165, 1.54) is 120 Å². The Morgan fingerprint density at radius 2 is 0.894 bits per heavy atom. The molecular formula is C43H50Br2O2. The van der Waals surface area contributed by atoms with Gasteiger partial charge >= 0.3 is 0 Å². The van der Waals surface area contributed by atoms with E-state index in [9.17, 15) is 0 Å². The van der Waals surface area contributed by atoms with E-state index in [2.05, 4.69) is 120 Å². The summed E-state index contributed by atoms with van der Waals surface area (Å²) in [6.45, 7) is 10.5. The highest BCUT2D eigenvalue weighted by molar-refractivity contribution is 9.10. The topological polar surface area (TPSA) is 18.5 Å². The second-order valence-corrected chi connectivity index (χ2v) is 15.5. The third-order valence-electron chi connectivity index (χ3n) is 10.4. The highest BCUT2D eigenvalue weighted by Crippen LogP contribution is 2.64. The minimum Gasteiger partial charge on any atom is -0.490 e. The lowest BCUT2D eigenvalue weighted by Gasteiger charge is -2.31. The van der Waals surface area contributed by atoms with Crippen molar-refractivity contribution in [1.82, 2.24) is 0 Å². The van der Waals surface area contributed by atoms with Gasteiger partial charge in [0.1, 0.15) is 0 Å². The van der Waals surface area contributed by atoms with Gasteiger partial charge in [-0.15, -0.1) is 0 Å². The Kier molecular flexibility index (Phi) is 11.2. The zero-order valence-electron chi connectivity index (χ0n) is 28.7. The summed E-state index contributed by atoms with van der Waals surface area (Å²) in [5.74, 6) is 1.76. The molecule has 4 heteroatoms. The number of benzene rings is 4. The molecule has 248 valence electrons. The number of aryl methyl sites for hydroxylation is 2. The average molecular weight is 759 g/mol. The zero-order valence-corrected chi connectivity index (χ0v) is 31.9. The van der Waals surface area contributed by atoms with Gasteiger partial charge in [-0.25, -0.2) is 0 Å². The van der Waals surface area contributed by atoms with E-state index in [4.69, 9.17) is 9.47 Å². The van der Waals surface area contributed by atoms with Crippen LogP contribution in [0.4, 0.5) is 0 Å². The SMILES string of the molecule is CCCCCCCCOc1cc2c(cc1OCCCCCCCC)C1(c3cc(Br)ccc3-c3ccc(Br)cc31)c1cc(C)c(C)cc1-2. The molecule has 0 N–H and O–H groups in total. The normalized spacial score (nSPS) is 13.4. The molecule has 2 aliphatic rings. The number of fused-ring (bicyclic) bond motifs is 10. The molecule has 0 bridgehead atoms. The Labute approximate surface area is 299 Å². The van der Waals surface area contributed by atoms with Crippen molar-refractivity contribution >= 4 is 31.9 Å². The Morgan fingerprint density at radius 1 is 0.468 bits per heavy atom. The van der Waals surface area contributed by atoms with Crippen LogP contribution in [0.3, 0.4) is 0 Å². The quantitative estimate of drug-likeness (QED) is 0.0915. The third-order valence-corrected chi connectivity index (χ3v) is 11.4. The Bertz CT molecular complexity index is 1670. The van der Waals surface area contributed by atoms with Gasteiger partial charge in [-0.3, -0.25) is 0 Å². The first-order valence-corrected chi connectivity index (χ1v) is 19.6. The molecule has 1 spiro atoms. The predicted molar refractivity (Wildman–Crippen MR) is 205 cm³/mol. The van der Waals surface area contributed by atoms with Crippen LogP contribution in [0.15, 0.2) is 69.6 Å². The van der Waals surface area contributed by atoms with E-state index in [-0.39, 0.29) is 0 Å². The summed E-state index contributed by atoms with van der Waals surface area (Å²) in [5.41, 5.74) is 12.6. The third kappa shape index (κ3) is 6.71. The molecule has 2 nitrogen and oxygen atoms in total. The Morgan fingerprint density at radius 3 is 1.45 bits per heavy atom. The number of ether oxygens (including phenoxy) is 2. The van der Waals surface area contributed by atoms with Crippen molar-refractivity contribution < 1.29 is 9.47 Å². The number of unbranched alkanes of at least 4 members (excludes halogenated alkanes) is 10. The van der Waals surface area contributed by atoms with Crippen molar-refractivity contribution in [3.05, 3.63) is 103 Å². The van der Waals surface area contributed by atoms with Crippen LogP contribution >= 0.6 is 31.9 Å². The first-order chi connectivity index (χ1) is 22.9. The van der Waals surface area contributed by atoms with Crippen molar-refractivity contribution in [1.29, 1.82) is 0 Å². The van der Waals surface area contributed by atoms with Gasteiger partial charge in [-0.05, 0) is 119 Å². The van der Waals surface area contributed by atoms with Gasteiger partial charge in [0.2, 0.25) is 0 Å². The van der Waals surface area contributed by atoms with E-state index >= 15 is 0 Å². The van der Waals surface area contributed by atoms with E-state index < -0.39 is 5.41 Å². The lowest BCUT2D eigenvalue weighted by atomic mass is 9.70. The molecule has 6 rings (SSSR count). The Hall–Kier alpha value is -2.56. The molecule has 0 fully saturated rings. The fourth-order valence-corrected chi connectivity index (χ4v) is 8.51. The lowest BCUT2D eigenvalue weighted by molar-refractivity contribution is 0.258. The van der Waals surface area contributed by atoms with Gasteiger partial charge < -0.3 is 9.47 Å². The molecule has 4 aromatic rings. The van der Waals surface area contributed by atoms with E-state index in [1.54, 1.807) is 0 Å². The summed E-state index contributed by atoms with van der Waals surface area (Å²) >= 11 is 7.70. The van der Waals surface area contributed by atoms with Crippen molar-refractivity contribution in [3.8, 4) is 33.8 Å². The minimum atomic E-state index is -0.447. The summed E-state index contributed by atoms with van der Waals surface area (Å²) in [7, 11) is 0. The largest absolute Gasteiger partial charge is 0.490 e. The molecule has 2 aliphatic carbocycles. The molecule has 4 aromatic carbocycles. The Balaban J connectivity index is 1.46. The molecule has 0 atom stereocenters. The van der Waals surface area contributed by atoms with Crippen molar-refractivity contribution in [2.75, 3.05) is 13.2 Å². The molecule has 0 saturated heterocycles. The molecule has 0 aromatic heterocycles. The van der Waals surface area contributed by atoms with Gasteiger partial charge in [-0.1, -0.05) is 134 Å². The number of halogens is 2. The van der Waals surface area contributed by atoms with Crippen LogP contribution in [0, 0.1) is 13.8 Å². The molecule has 0 radical (unpaired) electrons. The maximum atomic E-state index is 6.71. The van der Waals surface area contributed by atoms with Gasteiger partial charge in [0.15, 0.2) is 11.5 Å². The average Bonchev–Trinajstić information content (AvgIpc) is 3.48. The lowest BCUT2D eigenvalue weighted by Crippen LogP contribution is -2.26. The second kappa shape index (κ2) is 15.3. The van der Waals surface area contributed by atoms with E-state index in [0.29, 0.717) is 6.61 Å². The molecule has 0 amide bonds. The van der Waals surface area contributed by atoms with Crippen molar-refractivity contribution in [2.45, 2.75) is 110 Å². The minimum absolute atomic E-state index is 0.447. The standard InChI is InChI=1S/C43H50Br2O2/c1-5-7-9-11-13-15-21-46-41-27-36-35-23-29(3)30(4)24-37(35)43(40(36)28-42(41)47-22-16-14-12-10-8-6-2)38-25-31(44)17-19-33(38)34-20-18-32(45)26-39(34)43/h17-20,23-28H,5-16,21-22H2,1-4H3. The predicted octanol–water partition coefficient (Wildman–Crippen LogP) is 13.7. The maximum Gasteiger partial charge on any atom is 0.161 e. The van der Waals surface area contributed by atoms with Crippen LogP contribution in [0.5, 0.6) is 11.5 Å². The van der Waals surface area contributed by atoms with Gasteiger partial charge in [0, 0.05) is 8.95 Å². The van der Waals surface area contributed by atoms with Crippen LogP contribution in [-0.4, -0.2) is 13.2 Å². The molecule has 47 heavy (non-hydrogen) atoms. The number of rotatable bonds is 16. The fraction of sp³-hybridized carbons (Fsp3) is 0.442. The molecule has 0 unspecified atom stereocenters. The highest BCUT2D eigenvalue weighted by atomic mass is 79.9. The van der Waals surface area contributed by atoms with Gasteiger partial charge in [-0.2, -0.15) is 0 Å². The van der Waals surface area contributed by atoms with E-state index in [0.717, 1.165) is 39.9 Å². The smallest absolute Gasteiger partial charge is 0.161 e. The molecule has 0 saturated carbocycles. The molecular weight excluding hydrogens is 708 g/mol. The van der Waals surface area contributed by atoms with Crippen LogP contribution in [0.25, 0.3) is 22.3 Å². The zero-order chi connectivity index (χ0) is 33.0. The van der Waals surface area contributed by atoms with Gasteiger partial charge in [0.25, 0.3) is 0 Å². The number of hydrogen-bond acceptors (Lipinski definition) is 2. The summed E-state index contributed by atoms with van der Waals surface area (Å²) in [6.07, 6.45) is 14.9. The molecule has 0 aliphatic heterocycles. The van der Waals surface area contributed by atoms with Crippen LogP contribution in [0.1, 0.15) is 124 Å². The first-order valence-electron chi connectivity index (χ1n) is 18.1. The first kappa shape index (κ1) is 34.3. The second-order valence-electron chi connectivity index (χ2n) is 13.7. The summed E-state index contributed by atoms with van der Waals surface area (Å²) in [5, 5.41) is 0. The molecule has 0 heterocycles. The van der Waals surface area contributed by atoms with Crippen LogP contribution in [-0.2, 0) is 5.41 Å². The summed E-state index contributed by atoms with van der Waals surface area (Å²) in [4.78, 5) is 0. The van der Waals surface area contributed by atoms with E-state index in [1.807, 2.05) is 0 Å². The number of hydrogen-bond donors (Lipinski definition) is 0. The maximum absolute atomic E-state index is 6.71. The van der Waals surface area contributed by atoms with Crippen LogP contribution in [0.2, 0.25) is 0 Å². The summed E-state index contributed by atoms with van der Waals surface area (Å²) in [6, 6.07) is 23.1. The van der Waals surface area contributed by atoms with Crippen molar-refractivity contribution in [2.24, 2.45) is 0 Å².